The Bertz CT molecular complexity index is 426. The Hall–Kier alpha value is -0.870. The van der Waals surface area contributed by atoms with Crippen molar-refractivity contribution in [3.63, 3.8) is 0 Å². The topological polar surface area (TPSA) is 60.2 Å². The molecule has 0 radical (unpaired) electrons. The second kappa shape index (κ2) is 4.77. The predicted molar refractivity (Wildman–Crippen MR) is 62.6 cm³/mol. The van der Waals surface area contributed by atoms with E-state index in [4.69, 9.17) is 5.73 Å². The van der Waals surface area contributed by atoms with Gasteiger partial charge in [-0.3, -0.25) is 0 Å². The van der Waals surface area contributed by atoms with Gasteiger partial charge in [0, 0.05) is 12.8 Å². The molecule has 1 unspecified atom stereocenters. The lowest BCUT2D eigenvalue weighted by Gasteiger charge is -2.14. The first-order chi connectivity index (χ1) is 6.95. The zero-order valence-electron chi connectivity index (χ0n) is 9.10. The smallest absolute Gasteiger partial charge is 0.151 e. The predicted octanol–water partition coefficient (Wildman–Crippen LogP) is 0.909. The van der Waals surface area contributed by atoms with Crippen LogP contribution in [0, 0.1) is 6.92 Å². The second-order valence-electron chi connectivity index (χ2n) is 3.82. The fourth-order valence-electron chi connectivity index (χ4n) is 1.49. The number of hydrogen-bond acceptors (Lipinski definition) is 3. The summed E-state index contributed by atoms with van der Waals surface area (Å²) in [5, 5.41) is -0.474. The molecule has 1 atom stereocenters. The Labute approximate surface area is 91.2 Å². The molecule has 0 saturated carbocycles. The number of sulfone groups is 1. The molecule has 84 valence electrons. The van der Waals surface area contributed by atoms with Gasteiger partial charge < -0.3 is 5.73 Å². The molecule has 1 rings (SSSR count). The van der Waals surface area contributed by atoms with Crippen LogP contribution in [-0.2, 0) is 16.3 Å². The monoisotopic (exact) mass is 227 g/mol. The van der Waals surface area contributed by atoms with Crippen molar-refractivity contribution in [2.75, 3.05) is 12.8 Å². The molecule has 0 saturated heterocycles. The Morgan fingerprint density at radius 1 is 1.33 bits per heavy atom. The van der Waals surface area contributed by atoms with Crippen molar-refractivity contribution < 1.29 is 8.42 Å². The highest BCUT2D eigenvalue weighted by Crippen LogP contribution is 2.12. The van der Waals surface area contributed by atoms with E-state index in [0.29, 0.717) is 6.42 Å². The van der Waals surface area contributed by atoms with Gasteiger partial charge in [-0.05, 0) is 24.5 Å². The van der Waals surface area contributed by atoms with Gasteiger partial charge in [0.2, 0.25) is 0 Å². The standard InChI is InChI=1S/C11H17NO2S/c1-9-5-3-4-6-10(9)7-11(8-12)15(2,13)14/h3-6,11H,7-8,12H2,1-2H3. The van der Waals surface area contributed by atoms with Gasteiger partial charge in [0.25, 0.3) is 0 Å². The molecule has 0 aliphatic rings. The number of benzene rings is 1. The van der Waals surface area contributed by atoms with Crippen LogP contribution in [0.4, 0.5) is 0 Å². The summed E-state index contributed by atoms with van der Waals surface area (Å²) in [7, 11) is -3.05. The summed E-state index contributed by atoms with van der Waals surface area (Å²) >= 11 is 0. The van der Waals surface area contributed by atoms with E-state index in [1.165, 1.54) is 6.26 Å². The van der Waals surface area contributed by atoms with E-state index < -0.39 is 15.1 Å². The van der Waals surface area contributed by atoms with E-state index in [-0.39, 0.29) is 6.54 Å². The summed E-state index contributed by atoms with van der Waals surface area (Å²) in [6, 6.07) is 7.78. The Balaban J connectivity index is 2.90. The Kier molecular flexibility index (Phi) is 3.88. The molecule has 0 aliphatic heterocycles. The minimum absolute atomic E-state index is 0.174. The third kappa shape index (κ3) is 3.32. The molecule has 4 heteroatoms. The largest absolute Gasteiger partial charge is 0.329 e. The van der Waals surface area contributed by atoms with Gasteiger partial charge in [-0.15, -0.1) is 0 Å². The van der Waals surface area contributed by atoms with Crippen LogP contribution in [0.25, 0.3) is 0 Å². The third-order valence-corrected chi connectivity index (χ3v) is 4.15. The third-order valence-electron chi connectivity index (χ3n) is 2.58. The lowest BCUT2D eigenvalue weighted by Crippen LogP contribution is -2.31. The minimum atomic E-state index is -3.05. The van der Waals surface area contributed by atoms with E-state index >= 15 is 0 Å². The lowest BCUT2D eigenvalue weighted by atomic mass is 10.0. The van der Waals surface area contributed by atoms with Crippen LogP contribution in [0.2, 0.25) is 0 Å². The van der Waals surface area contributed by atoms with Crippen LogP contribution in [0.3, 0.4) is 0 Å². The highest BCUT2D eigenvalue weighted by Gasteiger charge is 2.19. The molecule has 0 amide bonds. The molecular formula is C11H17NO2S. The second-order valence-corrected chi connectivity index (χ2v) is 6.14. The number of nitrogens with two attached hydrogens (primary N) is 1. The van der Waals surface area contributed by atoms with Gasteiger partial charge in [0.15, 0.2) is 9.84 Å². The summed E-state index contributed by atoms with van der Waals surface area (Å²) < 4.78 is 22.8. The Morgan fingerprint density at radius 2 is 1.93 bits per heavy atom. The first kappa shape index (κ1) is 12.2. The molecule has 0 aromatic heterocycles. The van der Waals surface area contributed by atoms with Gasteiger partial charge in [0.1, 0.15) is 0 Å². The zero-order chi connectivity index (χ0) is 11.5. The van der Waals surface area contributed by atoms with Gasteiger partial charge >= 0.3 is 0 Å². The molecule has 0 aliphatic carbocycles. The van der Waals surface area contributed by atoms with E-state index in [0.717, 1.165) is 11.1 Å². The van der Waals surface area contributed by atoms with Crippen molar-refractivity contribution in [2.45, 2.75) is 18.6 Å². The number of rotatable bonds is 4. The summed E-state index contributed by atoms with van der Waals surface area (Å²) in [5.41, 5.74) is 7.64. The van der Waals surface area contributed by atoms with Crippen molar-refractivity contribution in [1.29, 1.82) is 0 Å². The summed E-state index contributed by atoms with van der Waals surface area (Å²) in [6.07, 6.45) is 1.74. The van der Waals surface area contributed by atoms with Crippen LogP contribution in [-0.4, -0.2) is 26.5 Å². The molecule has 0 bridgehead atoms. The molecule has 1 aromatic carbocycles. The number of hydrogen-bond donors (Lipinski definition) is 1. The summed E-state index contributed by atoms with van der Waals surface area (Å²) in [4.78, 5) is 0. The molecule has 15 heavy (non-hydrogen) atoms. The van der Waals surface area contributed by atoms with Crippen LogP contribution in [0.5, 0.6) is 0 Å². The maximum atomic E-state index is 11.4. The fourth-order valence-corrected chi connectivity index (χ4v) is 2.33. The fraction of sp³-hybridized carbons (Fsp3) is 0.455. The average molecular weight is 227 g/mol. The van der Waals surface area contributed by atoms with Crippen molar-refractivity contribution in [2.24, 2.45) is 5.73 Å². The van der Waals surface area contributed by atoms with E-state index in [9.17, 15) is 8.42 Å². The van der Waals surface area contributed by atoms with Crippen LogP contribution >= 0.6 is 0 Å². The SMILES string of the molecule is Cc1ccccc1CC(CN)S(C)(=O)=O. The molecule has 0 fully saturated rings. The van der Waals surface area contributed by atoms with E-state index in [2.05, 4.69) is 0 Å². The van der Waals surface area contributed by atoms with Crippen LogP contribution in [0.1, 0.15) is 11.1 Å². The van der Waals surface area contributed by atoms with E-state index in [1.807, 2.05) is 31.2 Å². The van der Waals surface area contributed by atoms with Crippen molar-refractivity contribution in [3.8, 4) is 0 Å². The molecule has 3 nitrogen and oxygen atoms in total. The van der Waals surface area contributed by atoms with Crippen molar-refractivity contribution >= 4 is 9.84 Å². The summed E-state index contributed by atoms with van der Waals surface area (Å²) in [6.45, 7) is 2.15. The van der Waals surface area contributed by atoms with Gasteiger partial charge in [-0.2, -0.15) is 0 Å². The Morgan fingerprint density at radius 3 is 2.40 bits per heavy atom. The average Bonchev–Trinajstić information content (AvgIpc) is 2.14. The van der Waals surface area contributed by atoms with Gasteiger partial charge in [0.05, 0.1) is 5.25 Å². The quantitative estimate of drug-likeness (QED) is 0.831. The number of aryl methyl sites for hydroxylation is 1. The molecule has 1 aromatic rings. The normalized spacial score (nSPS) is 13.8. The van der Waals surface area contributed by atoms with Crippen molar-refractivity contribution in [3.05, 3.63) is 35.4 Å². The minimum Gasteiger partial charge on any atom is -0.329 e. The molecule has 0 heterocycles. The van der Waals surface area contributed by atoms with Crippen molar-refractivity contribution in [1.82, 2.24) is 0 Å². The maximum Gasteiger partial charge on any atom is 0.151 e. The zero-order valence-corrected chi connectivity index (χ0v) is 9.92. The van der Waals surface area contributed by atoms with Crippen LogP contribution < -0.4 is 5.73 Å². The van der Waals surface area contributed by atoms with Crippen LogP contribution in [0.15, 0.2) is 24.3 Å². The molecular weight excluding hydrogens is 210 g/mol. The highest BCUT2D eigenvalue weighted by molar-refractivity contribution is 7.91. The molecule has 2 N–H and O–H groups in total. The first-order valence-corrected chi connectivity index (χ1v) is 6.84. The maximum absolute atomic E-state index is 11.4. The molecule has 0 spiro atoms. The van der Waals surface area contributed by atoms with E-state index in [1.54, 1.807) is 0 Å². The van der Waals surface area contributed by atoms with Gasteiger partial charge in [-0.25, -0.2) is 8.42 Å². The van der Waals surface area contributed by atoms with Gasteiger partial charge in [-0.1, -0.05) is 24.3 Å². The summed E-state index contributed by atoms with van der Waals surface area (Å²) in [5.74, 6) is 0. The first-order valence-electron chi connectivity index (χ1n) is 4.88. The highest BCUT2D eigenvalue weighted by atomic mass is 32.2. The lowest BCUT2D eigenvalue weighted by molar-refractivity contribution is 0.584.